The van der Waals surface area contributed by atoms with Crippen molar-refractivity contribution in [3.8, 4) is 0 Å². The molecule has 0 aromatic heterocycles. The highest BCUT2D eigenvalue weighted by Crippen LogP contribution is 2.50. The van der Waals surface area contributed by atoms with Crippen LogP contribution in [-0.2, 0) is 4.79 Å². The van der Waals surface area contributed by atoms with E-state index in [1.54, 1.807) is 0 Å². The summed E-state index contributed by atoms with van der Waals surface area (Å²) in [5, 5.41) is 0. The predicted octanol–water partition coefficient (Wildman–Crippen LogP) is 3.76. The van der Waals surface area contributed by atoms with Crippen LogP contribution < -0.4 is 0 Å². The average Bonchev–Trinajstić information content (AvgIpc) is 2.55. The van der Waals surface area contributed by atoms with E-state index in [0.29, 0.717) is 35.9 Å². The maximum absolute atomic E-state index is 12.0. The molecule has 0 amide bonds. The molecule has 0 radical (unpaired) electrons. The van der Waals surface area contributed by atoms with Crippen molar-refractivity contribution >= 4 is 5.78 Å². The molecule has 0 aliphatic heterocycles. The molecule has 2 aliphatic carbocycles. The number of hydrogen-bond donors (Lipinski definition) is 0. The molecule has 0 bridgehead atoms. The van der Waals surface area contributed by atoms with Crippen molar-refractivity contribution in [3.05, 3.63) is 23.8 Å². The minimum Gasteiger partial charge on any atom is -0.295 e. The standard InChI is InChI=1S/C15H22O/c1-5-11-14(16)8-13-10(4)6-7-12(9(2)3)15(11)13/h5,9,12-13,15H,4,6-8H2,1-3H3/b11-5-/t12-,13-,15-/m0/s1. The molecule has 0 N–H and O–H groups in total. The molecule has 3 atom stereocenters. The molecule has 0 saturated heterocycles. The molecule has 16 heavy (non-hydrogen) atoms. The molecule has 2 rings (SSSR count). The van der Waals surface area contributed by atoms with Crippen LogP contribution in [0.1, 0.15) is 40.0 Å². The number of Topliss-reactive ketones (excluding diaryl/α,β-unsaturated/α-hetero) is 1. The summed E-state index contributed by atoms with van der Waals surface area (Å²) in [6, 6.07) is 0. The van der Waals surface area contributed by atoms with E-state index in [1.807, 2.05) is 13.0 Å². The second-order valence-electron chi connectivity index (χ2n) is 5.61. The molecule has 0 aromatic carbocycles. The summed E-state index contributed by atoms with van der Waals surface area (Å²) in [4.78, 5) is 12.0. The fourth-order valence-electron chi connectivity index (χ4n) is 3.59. The van der Waals surface area contributed by atoms with Gasteiger partial charge in [-0.25, -0.2) is 0 Å². The molecule has 0 heterocycles. The molecule has 1 heteroatoms. The van der Waals surface area contributed by atoms with E-state index in [4.69, 9.17) is 0 Å². The first-order valence-electron chi connectivity index (χ1n) is 6.43. The van der Waals surface area contributed by atoms with E-state index >= 15 is 0 Å². The Hall–Kier alpha value is -0.850. The summed E-state index contributed by atoms with van der Waals surface area (Å²) in [7, 11) is 0. The molecule has 88 valence electrons. The number of carbonyl (C=O) groups is 1. The van der Waals surface area contributed by atoms with Gasteiger partial charge in [-0.3, -0.25) is 4.79 Å². The molecule has 2 fully saturated rings. The first kappa shape index (κ1) is 11.6. The van der Waals surface area contributed by atoms with Gasteiger partial charge in [0.2, 0.25) is 0 Å². The molecule has 1 nitrogen and oxygen atoms in total. The lowest BCUT2D eigenvalue weighted by atomic mass is 9.66. The summed E-state index contributed by atoms with van der Waals surface area (Å²) in [5.74, 6) is 2.62. The quantitative estimate of drug-likeness (QED) is 0.484. The number of hydrogen-bond acceptors (Lipinski definition) is 1. The van der Waals surface area contributed by atoms with Crippen molar-refractivity contribution in [2.75, 3.05) is 0 Å². The van der Waals surface area contributed by atoms with Gasteiger partial charge < -0.3 is 0 Å². The number of ketones is 1. The highest BCUT2D eigenvalue weighted by Gasteiger charge is 2.45. The minimum atomic E-state index is 0.367. The normalized spacial score (nSPS) is 37.2. The highest BCUT2D eigenvalue weighted by atomic mass is 16.1. The van der Waals surface area contributed by atoms with Crippen LogP contribution in [0.4, 0.5) is 0 Å². The topological polar surface area (TPSA) is 17.1 Å². The van der Waals surface area contributed by atoms with Gasteiger partial charge in [-0.2, -0.15) is 0 Å². The molecule has 0 spiro atoms. The summed E-state index contributed by atoms with van der Waals surface area (Å²) in [6.45, 7) is 10.7. The van der Waals surface area contributed by atoms with Crippen LogP contribution in [0.25, 0.3) is 0 Å². The maximum Gasteiger partial charge on any atom is 0.159 e. The Morgan fingerprint density at radius 1 is 1.44 bits per heavy atom. The SMILES string of the molecule is C=C1CC[C@@H](C(C)C)[C@@H]2/C(=C\C)C(=O)C[C@@H]12. The zero-order valence-electron chi connectivity index (χ0n) is 10.6. The lowest BCUT2D eigenvalue weighted by Gasteiger charge is -2.38. The van der Waals surface area contributed by atoms with Crippen LogP contribution in [0.2, 0.25) is 0 Å². The first-order valence-corrected chi connectivity index (χ1v) is 6.43. The number of allylic oxidation sites excluding steroid dienone is 3. The van der Waals surface area contributed by atoms with E-state index in [1.165, 1.54) is 12.0 Å². The van der Waals surface area contributed by atoms with Gasteiger partial charge >= 0.3 is 0 Å². The summed E-state index contributed by atoms with van der Waals surface area (Å²) >= 11 is 0. The van der Waals surface area contributed by atoms with Gasteiger partial charge in [0.05, 0.1) is 0 Å². The van der Waals surface area contributed by atoms with Crippen LogP contribution in [0.5, 0.6) is 0 Å². The third-order valence-electron chi connectivity index (χ3n) is 4.47. The number of fused-ring (bicyclic) bond motifs is 1. The zero-order chi connectivity index (χ0) is 11.9. The van der Waals surface area contributed by atoms with E-state index in [0.717, 1.165) is 12.0 Å². The lowest BCUT2D eigenvalue weighted by Crippen LogP contribution is -2.30. The fourth-order valence-corrected chi connectivity index (χ4v) is 3.59. The third kappa shape index (κ3) is 1.66. The zero-order valence-corrected chi connectivity index (χ0v) is 10.6. The van der Waals surface area contributed by atoms with Crippen molar-refractivity contribution in [3.63, 3.8) is 0 Å². The third-order valence-corrected chi connectivity index (χ3v) is 4.47. The van der Waals surface area contributed by atoms with E-state index in [9.17, 15) is 4.79 Å². The minimum absolute atomic E-state index is 0.367. The molecular formula is C15H22O. The van der Waals surface area contributed by atoms with Crippen molar-refractivity contribution in [1.29, 1.82) is 0 Å². The summed E-state index contributed by atoms with van der Waals surface area (Å²) in [6.07, 6.45) is 5.09. The van der Waals surface area contributed by atoms with Crippen molar-refractivity contribution < 1.29 is 4.79 Å². The van der Waals surface area contributed by atoms with Crippen LogP contribution >= 0.6 is 0 Å². The Kier molecular flexibility index (Phi) is 3.05. The monoisotopic (exact) mass is 218 g/mol. The Morgan fingerprint density at radius 2 is 2.12 bits per heavy atom. The Bertz CT molecular complexity index is 348. The number of carbonyl (C=O) groups excluding carboxylic acids is 1. The summed E-state index contributed by atoms with van der Waals surface area (Å²) in [5.41, 5.74) is 2.40. The van der Waals surface area contributed by atoms with Crippen molar-refractivity contribution in [2.45, 2.75) is 40.0 Å². The molecule has 2 aliphatic rings. The van der Waals surface area contributed by atoms with E-state index < -0.39 is 0 Å². The van der Waals surface area contributed by atoms with Crippen molar-refractivity contribution in [2.24, 2.45) is 23.7 Å². The second kappa shape index (κ2) is 4.20. The Balaban J connectivity index is 2.36. The maximum atomic E-state index is 12.0. The second-order valence-corrected chi connectivity index (χ2v) is 5.61. The van der Waals surface area contributed by atoms with Crippen molar-refractivity contribution in [1.82, 2.24) is 0 Å². The van der Waals surface area contributed by atoms with Gasteiger partial charge in [0, 0.05) is 6.42 Å². The summed E-state index contributed by atoms with van der Waals surface area (Å²) < 4.78 is 0. The van der Waals surface area contributed by atoms with Gasteiger partial charge in [0.1, 0.15) is 0 Å². The predicted molar refractivity (Wildman–Crippen MR) is 67.1 cm³/mol. The molecule has 0 unspecified atom stereocenters. The van der Waals surface area contributed by atoms with Crippen LogP contribution in [0.15, 0.2) is 23.8 Å². The van der Waals surface area contributed by atoms with Gasteiger partial charge in [-0.05, 0) is 49.0 Å². The van der Waals surface area contributed by atoms with Gasteiger partial charge in [0.15, 0.2) is 5.78 Å². The van der Waals surface area contributed by atoms with Gasteiger partial charge in [-0.15, -0.1) is 0 Å². The smallest absolute Gasteiger partial charge is 0.159 e. The highest BCUT2D eigenvalue weighted by molar-refractivity contribution is 5.99. The lowest BCUT2D eigenvalue weighted by molar-refractivity contribution is -0.114. The van der Waals surface area contributed by atoms with Gasteiger partial charge in [-0.1, -0.05) is 32.1 Å². The molecule has 0 aromatic rings. The largest absolute Gasteiger partial charge is 0.295 e. The molecular weight excluding hydrogens is 196 g/mol. The average molecular weight is 218 g/mol. The van der Waals surface area contributed by atoms with Crippen LogP contribution in [-0.4, -0.2) is 5.78 Å². The Morgan fingerprint density at radius 3 is 2.69 bits per heavy atom. The van der Waals surface area contributed by atoms with E-state index in [-0.39, 0.29) is 0 Å². The molecule has 2 saturated carbocycles. The van der Waals surface area contributed by atoms with Gasteiger partial charge in [0.25, 0.3) is 0 Å². The first-order chi connectivity index (χ1) is 7.56. The van der Waals surface area contributed by atoms with E-state index in [2.05, 4.69) is 20.4 Å². The van der Waals surface area contributed by atoms with Crippen LogP contribution in [0.3, 0.4) is 0 Å². The number of rotatable bonds is 1. The van der Waals surface area contributed by atoms with Crippen LogP contribution in [0, 0.1) is 23.7 Å². The Labute approximate surface area is 98.6 Å². The fraction of sp³-hybridized carbons (Fsp3) is 0.667.